The highest BCUT2D eigenvalue weighted by atomic mass is 35.5. The molecule has 0 fully saturated rings. The van der Waals surface area contributed by atoms with Crippen LogP contribution in [0.2, 0.25) is 5.02 Å². The maximum atomic E-state index is 12.3. The number of nitrogens with zero attached hydrogens (tertiary/aromatic N) is 2. The largest absolute Gasteiger partial charge is 0.416 e. The van der Waals surface area contributed by atoms with Gasteiger partial charge in [0.05, 0.1) is 5.75 Å². The Bertz CT molecular complexity index is 1210. The lowest BCUT2D eigenvalue weighted by atomic mass is 10.1. The summed E-state index contributed by atoms with van der Waals surface area (Å²) in [5, 5.41) is 12.0. The first kappa shape index (κ1) is 21.2. The van der Waals surface area contributed by atoms with Crippen molar-refractivity contribution in [2.45, 2.75) is 12.7 Å². The Balaban J connectivity index is 1.39. The molecule has 0 saturated heterocycles. The average molecular weight is 450 g/mol. The lowest BCUT2D eigenvalue weighted by molar-refractivity contribution is -0.113. The predicted octanol–water partition coefficient (Wildman–Crippen LogP) is 6.24. The highest BCUT2D eigenvalue weighted by Gasteiger charge is 2.13. The molecule has 31 heavy (non-hydrogen) atoms. The second-order valence-electron chi connectivity index (χ2n) is 6.94. The Morgan fingerprint density at radius 1 is 1.00 bits per heavy atom. The number of carbonyl (C=O) groups excluding carboxylic acids is 1. The summed E-state index contributed by atoms with van der Waals surface area (Å²) in [4.78, 5) is 12.3. The van der Waals surface area contributed by atoms with E-state index < -0.39 is 0 Å². The first-order chi connectivity index (χ1) is 15.1. The quantitative estimate of drug-likeness (QED) is 0.362. The van der Waals surface area contributed by atoms with E-state index in [0.717, 1.165) is 22.3 Å². The lowest BCUT2D eigenvalue weighted by Crippen LogP contribution is -2.14. The van der Waals surface area contributed by atoms with Crippen molar-refractivity contribution in [2.24, 2.45) is 0 Å². The number of halogens is 1. The smallest absolute Gasteiger partial charge is 0.248 e. The molecule has 156 valence electrons. The van der Waals surface area contributed by atoms with E-state index in [4.69, 9.17) is 16.0 Å². The van der Waals surface area contributed by atoms with E-state index >= 15 is 0 Å². The highest BCUT2D eigenvalue weighted by molar-refractivity contribution is 7.99. The fourth-order valence-electron chi connectivity index (χ4n) is 3.06. The van der Waals surface area contributed by atoms with Gasteiger partial charge in [0, 0.05) is 27.6 Å². The van der Waals surface area contributed by atoms with Crippen molar-refractivity contribution in [3.63, 3.8) is 0 Å². The van der Waals surface area contributed by atoms with Crippen molar-refractivity contribution in [1.29, 1.82) is 0 Å². The summed E-state index contributed by atoms with van der Waals surface area (Å²) in [5.74, 6) is 1.80. The van der Waals surface area contributed by atoms with E-state index in [0.29, 0.717) is 34.0 Å². The fourth-order valence-corrected chi connectivity index (χ4v) is 4.17. The molecule has 7 heteroatoms. The normalized spacial score (nSPS) is 10.8. The third-order valence-corrected chi connectivity index (χ3v) is 5.99. The molecule has 0 aliphatic heterocycles. The van der Waals surface area contributed by atoms with Crippen LogP contribution in [0.1, 0.15) is 11.1 Å². The molecule has 0 radical (unpaired) electrons. The van der Waals surface area contributed by atoms with Crippen LogP contribution in [0.15, 0.2) is 77.2 Å². The van der Waals surface area contributed by atoms with Gasteiger partial charge in [-0.2, -0.15) is 0 Å². The van der Waals surface area contributed by atoms with Gasteiger partial charge in [-0.15, -0.1) is 22.0 Å². The summed E-state index contributed by atoms with van der Waals surface area (Å²) in [5.41, 5.74) is 4.41. The van der Waals surface area contributed by atoms with Gasteiger partial charge in [0.2, 0.25) is 17.7 Å². The van der Waals surface area contributed by atoms with Crippen LogP contribution >= 0.6 is 23.4 Å². The molecule has 0 bridgehead atoms. The predicted molar refractivity (Wildman–Crippen MR) is 126 cm³/mol. The summed E-state index contributed by atoms with van der Waals surface area (Å²) in [6.07, 6.45) is 0. The number of rotatable bonds is 7. The molecule has 1 N–H and O–H groups in total. The van der Waals surface area contributed by atoms with Gasteiger partial charge in [-0.05, 0) is 48.4 Å². The topological polar surface area (TPSA) is 68.0 Å². The molecule has 0 aliphatic carbocycles. The van der Waals surface area contributed by atoms with Crippen LogP contribution in [-0.2, 0) is 10.5 Å². The number of anilines is 1. The molecule has 0 atom stereocenters. The van der Waals surface area contributed by atoms with Gasteiger partial charge in [0.1, 0.15) is 0 Å². The second kappa shape index (κ2) is 9.81. The number of hydrogen-bond donors (Lipinski definition) is 1. The Morgan fingerprint density at radius 3 is 2.61 bits per heavy atom. The molecule has 5 nitrogen and oxygen atoms in total. The summed E-state index contributed by atoms with van der Waals surface area (Å²) in [6, 6.07) is 22.9. The minimum atomic E-state index is -0.0830. The number of nitrogens with one attached hydrogen (secondary N) is 1. The fraction of sp³-hybridized carbons (Fsp3) is 0.125. The molecule has 1 amide bonds. The van der Waals surface area contributed by atoms with Gasteiger partial charge in [0.15, 0.2) is 0 Å². The molecule has 0 unspecified atom stereocenters. The number of carbonyl (C=O) groups is 1. The molecule has 1 aromatic heterocycles. The first-order valence-corrected chi connectivity index (χ1v) is 11.2. The van der Waals surface area contributed by atoms with E-state index in [9.17, 15) is 4.79 Å². The summed E-state index contributed by atoms with van der Waals surface area (Å²) >= 11 is 7.67. The van der Waals surface area contributed by atoms with Crippen molar-refractivity contribution >= 4 is 35.0 Å². The molecule has 4 rings (SSSR count). The SMILES string of the molecule is Cc1ccccc1-c1nnc(-c2cccc(NC(=O)CSCc3ccccc3Cl)c2)o1. The van der Waals surface area contributed by atoms with Gasteiger partial charge >= 0.3 is 0 Å². The Kier molecular flexibility index (Phi) is 6.70. The number of hydrogen-bond acceptors (Lipinski definition) is 5. The number of thioether (sulfide) groups is 1. The number of amides is 1. The van der Waals surface area contributed by atoms with Gasteiger partial charge in [-0.1, -0.05) is 54.1 Å². The molecule has 0 aliphatic rings. The van der Waals surface area contributed by atoms with E-state index in [1.54, 1.807) is 0 Å². The number of aromatic nitrogens is 2. The highest BCUT2D eigenvalue weighted by Crippen LogP contribution is 2.27. The van der Waals surface area contributed by atoms with Crippen LogP contribution in [0.4, 0.5) is 5.69 Å². The van der Waals surface area contributed by atoms with E-state index in [1.165, 1.54) is 11.8 Å². The summed E-state index contributed by atoms with van der Waals surface area (Å²) in [6.45, 7) is 2.00. The molecular formula is C24H20ClN3O2S. The summed E-state index contributed by atoms with van der Waals surface area (Å²) in [7, 11) is 0. The van der Waals surface area contributed by atoms with E-state index in [-0.39, 0.29) is 5.91 Å². The Morgan fingerprint density at radius 2 is 1.77 bits per heavy atom. The minimum Gasteiger partial charge on any atom is -0.416 e. The zero-order valence-electron chi connectivity index (χ0n) is 16.8. The van der Waals surface area contributed by atoms with Crippen molar-refractivity contribution in [3.8, 4) is 22.9 Å². The maximum absolute atomic E-state index is 12.3. The standard InChI is InChI=1S/C24H20ClN3O2S/c1-16-7-2-4-11-20(16)24-28-27-23(30-24)17-9-6-10-19(13-17)26-22(29)15-31-14-18-8-3-5-12-21(18)25/h2-13H,14-15H2,1H3,(H,26,29). The molecule has 3 aromatic carbocycles. The van der Waals surface area contributed by atoms with Gasteiger partial charge in [-0.25, -0.2) is 0 Å². The third kappa shape index (κ3) is 5.34. The van der Waals surface area contributed by atoms with Crippen LogP contribution in [0.5, 0.6) is 0 Å². The van der Waals surface area contributed by atoms with Crippen molar-refractivity contribution in [1.82, 2.24) is 10.2 Å². The second-order valence-corrected chi connectivity index (χ2v) is 8.33. The monoisotopic (exact) mass is 449 g/mol. The van der Waals surface area contributed by atoms with E-state index in [1.807, 2.05) is 79.7 Å². The number of benzene rings is 3. The van der Waals surface area contributed by atoms with Gasteiger partial charge < -0.3 is 9.73 Å². The molecule has 0 spiro atoms. The molecule has 4 aromatic rings. The Hall–Kier alpha value is -3.09. The zero-order valence-corrected chi connectivity index (χ0v) is 18.4. The average Bonchev–Trinajstić information content (AvgIpc) is 3.26. The maximum Gasteiger partial charge on any atom is 0.248 e. The van der Waals surface area contributed by atoms with Crippen LogP contribution in [0.25, 0.3) is 22.9 Å². The van der Waals surface area contributed by atoms with Crippen LogP contribution in [0, 0.1) is 6.92 Å². The first-order valence-electron chi connectivity index (χ1n) is 9.71. The molecular weight excluding hydrogens is 430 g/mol. The van der Waals surface area contributed by atoms with Crippen molar-refractivity contribution in [3.05, 3.63) is 88.9 Å². The Labute approximate surface area is 189 Å². The van der Waals surface area contributed by atoms with Crippen LogP contribution < -0.4 is 5.32 Å². The minimum absolute atomic E-state index is 0.0830. The van der Waals surface area contributed by atoms with Crippen LogP contribution in [-0.4, -0.2) is 21.9 Å². The molecule has 1 heterocycles. The van der Waals surface area contributed by atoms with Gasteiger partial charge in [-0.3, -0.25) is 4.79 Å². The summed E-state index contributed by atoms with van der Waals surface area (Å²) < 4.78 is 5.87. The molecule has 0 saturated carbocycles. The van der Waals surface area contributed by atoms with Crippen molar-refractivity contribution in [2.75, 3.05) is 11.1 Å². The zero-order chi connectivity index (χ0) is 21.6. The number of aryl methyl sites for hydroxylation is 1. The van der Waals surface area contributed by atoms with E-state index in [2.05, 4.69) is 15.5 Å². The van der Waals surface area contributed by atoms with Gasteiger partial charge in [0.25, 0.3) is 0 Å². The van der Waals surface area contributed by atoms with Crippen LogP contribution in [0.3, 0.4) is 0 Å². The lowest BCUT2D eigenvalue weighted by Gasteiger charge is -2.07. The third-order valence-electron chi connectivity index (χ3n) is 4.64. The van der Waals surface area contributed by atoms with Crippen molar-refractivity contribution < 1.29 is 9.21 Å².